The summed E-state index contributed by atoms with van der Waals surface area (Å²) in [6.45, 7) is 5.11. The van der Waals surface area contributed by atoms with Gasteiger partial charge in [-0.25, -0.2) is 12.8 Å². The molecule has 0 amide bonds. The molecule has 2 aliphatic rings. The largest absolute Gasteiger partial charge is 0.386 e. The number of hydrogen-bond acceptors (Lipinski definition) is 6. The van der Waals surface area contributed by atoms with Gasteiger partial charge < -0.3 is 10.5 Å². The fourth-order valence-corrected chi connectivity index (χ4v) is 5.21. The lowest BCUT2D eigenvalue weighted by Crippen LogP contribution is -2.55. The Hall–Kier alpha value is -1.80. The Labute approximate surface area is 158 Å². The summed E-state index contributed by atoms with van der Waals surface area (Å²) in [4.78, 5) is 16.7. The molecular weight excluding hydrogens is 371 g/mol. The first-order chi connectivity index (χ1) is 12.5. The monoisotopic (exact) mass is 396 g/mol. The van der Waals surface area contributed by atoms with E-state index < -0.39 is 32.0 Å². The molecule has 0 aliphatic carbocycles. The van der Waals surface area contributed by atoms with Crippen molar-refractivity contribution in [2.75, 3.05) is 12.4 Å². The third-order valence-corrected chi connectivity index (χ3v) is 8.22. The maximum Gasteiger partial charge on any atom is 0.165 e. The van der Waals surface area contributed by atoms with Crippen molar-refractivity contribution in [3.05, 3.63) is 35.1 Å². The molecule has 1 saturated heterocycles. The predicted molar refractivity (Wildman–Crippen MR) is 101 cm³/mol. The molecule has 27 heavy (non-hydrogen) atoms. The summed E-state index contributed by atoms with van der Waals surface area (Å²) >= 11 is 0. The average molecular weight is 396 g/mol. The number of halogens is 1. The Morgan fingerprint density at radius 3 is 2.67 bits per heavy atom. The number of ketones is 1. The zero-order valence-electron chi connectivity index (χ0n) is 15.8. The van der Waals surface area contributed by atoms with Gasteiger partial charge in [-0.1, -0.05) is 6.07 Å². The molecule has 148 valence electrons. The number of Topliss-reactive ketones (excluding diaryl/α,β-unsaturated/α-hetero) is 1. The van der Waals surface area contributed by atoms with Crippen LogP contribution in [0.5, 0.6) is 0 Å². The molecule has 0 aromatic heterocycles. The first-order valence-electron chi connectivity index (χ1n) is 8.98. The van der Waals surface area contributed by atoms with E-state index >= 15 is 0 Å². The highest BCUT2D eigenvalue weighted by molar-refractivity contribution is 7.93. The van der Waals surface area contributed by atoms with Gasteiger partial charge in [-0.3, -0.25) is 9.79 Å². The van der Waals surface area contributed by atoms with Gasteiger partial charge in [0.05, 0.1) is 5.75 Å². The molecule has 2 aliphatic heterocycles. The van der Waals surface area contributed by atoms with Crippen LogP contribution in [0.25, 0.3) is 0 Å². The smallest absolute Gasteiger partial charge is 0.165 e. The van der Waals surface area contributed by atoms with Crippen LogP contribution in [0.3, 0.4) is 0 Å². The van der Waals surface area contributed by atoms with E-state index in [4.69, 9.17) is 10.5 Å². The summed E-state index contributed by atoms with van der Waals surface area (Å²) in [5.41, 5.74) is 5.32. The van der Waals surface area contributed by atoms with Crippen molar-refractivity contribution < 1.29 is 22.3 Å². The minimum atomic E-state index is -3.64. The molecule has 2 atom stereocenters. The van der Waals surface area contributed by atoms with Gasteiger partial charge in [0.2, 0.25) is 0 Å². The number of rotatable bonds is 4. The van der Waals surface area contributed by atoms with E-state index in [0.717, 1.165) is 6.42 Å². The van der Waals surface area contributed by atoms with E-state index in [1.165, 1.54) is 32.0 Å². The molecule has 0 radical (unpaired) electrons. The number of amidine groups is 1. The maximum atomic E-state index is 14.6. The first-order valence-corrected chi connectivity index (χ1v) is 10.6. The number of nitrogens with two attached hydrogens (primary N) is 1. The Kier molecular flexibility index (Phi) is 4.93. The summed E-state index contributed by atoms with van der Waals surface area (Å²) in [5.74, 6) is -1.03. The van der Waals surface area contributed by atoms with Gasteiger partial charge >= 0.3 is 0 Å². The standard InChI is InChI=1S/C19H25FN2O4S/c1-18(2)17(21)22-19(3,11-27(18,24)25)13-9-12(6-7-14(13)20)10-15(23)16-5-4-8-26-16/h6-7,9,16H,4-5,8,10-11H2,1-3H3,(H2,21,22)/t16-,19+/m1/s1. The lowest BCUT2D eigenvalue weighted by atomic mass is 9.90. The van der Waals surface area contributed by atoms with Crippen molar-refractivity contribution in [2.45, 2.75) is 56.4 Å². The maximum absolute atomic E-state index is 14.6. The zero-order chi connectivity index (χ0) is 20.0. The van der Waals surface area contributed by atoms with Crippen molar-refractivity contribution in [2.24, 2.45) is 10.7 Å². The molecule has 1 fully saturated rings. The molecule has 0 bridgehead atoms. The van der Waals surface area contributed by atoms with Crippen LogP contribution >= 0.6 is 0 Å². The van der Waals surface area contributed by atoms with Crippen molar-refractivity contribution in [1.82, 2.24) is 0 Å². The van der Waals surface area contributed by atoms with Crippen molar-refractivity contribution in [1.29, 1.82) is 0 Å². The number of sulfone groups is 1. The van der Waals surface area contributed by atoms with Gasteiger partial charge in [-0.05, 0) is 51.3 Å². The number of aliphatic imine (C=N–C) groups is 1. The van der Waals surface area contributed by atoms with E-state index in [1.54, 1.807) is 6.92 Å². The topological polar surface area (TPSA) is 98.8 Å². The molecule has 0 unspecified atom stereocenters. The first kappa shape index (κ1) is 19.9. The summed E-state index contributed by atoms with van der Waals surface area (Å²) in [5, 5.41) is 0. The summed E-state index contributed by atoms with van der Waals surface area (Å²) < 4.78 is 44.1. The van der Waals surface area contributed by atoms with E-state index in [0.29, 0.717) is 18.6 Å². The molecule has 6 nitrogen and oxygen atoms in total. The number of hydrogen-bond donors (Lipinski definition) is 1. The predicted octanol–water partition coefficient (Wildman–Crippen LogP) is 1.90. The fourth-order valence-electron chi connectivity index (χ4n) is 3.52. The molecule has 1 aromatic carbocycles. The Morgan fingerprint density at radius 2 is 2.07 bits per heavy atom. The summed E-state index contributed by atoms with van der Waals surface area (Å²) in [6.07, 6.45) is 1.23. The van der Waals surface area contributed by atoms with E-state index in [1.807, 2.05) is 0 Å². The van der Waals surface area contributed by atoms with Gasteiger partial charge in [-0.2, -0.15) is 0 Å². The molecule has 0 saturated carbocycles. The van der Waals surface area contributed by atoms with Crippen LogP contribution in [0, 0.1) is 5.82 Å². The molecule has 8 heteroatoms. The van der Waals surface area contributed by atoms with E-state index in [2.05, 4.69) is 4.99 Å². The summed E-state index contributed by atoms with van der Waals surface area (Å²) in [6, 6.07) is 4.30. The van der Waals surface area contributed by atoms with Gasteiger partial charge in [0.25, 0.3) is 0 Å². The molecule has 2 heterocycles. The van der Waals surface area contributed by atoms with Crippen LogP contribution < -0.4 is 5.73 Å². The van der Waals surface area contributed by atoms with E-state index in [9.17, 15) is 17.6 Å². The number of benzene rings is 1. The Balaban J connectivity index is 1.97. The van der Waals surface area contributed by atoms with Crippen LogP contribution in [0.4, 0.5) is 4.39 Å². The van der Waals surface area contributed by atoms with Gasteiger partial charge in [0.1, 0.15) is 28.0 Å². The fraction of sp³-hybridized carbons (Fsp3) is 0.579. The van der Waals surface area contributed by atoms with Gasteiger partial charge in [-0.15, -0.1) is 0 Å². The Morgan fingerprint density at radius 1 is 1.37 bits per heavy atom. The molecular formula is C19H25FN2O4S. The zero-order valence-corrected chi connectivity index (χ0v) is 16.6. The van der Waals surface area contributed by atoms with Crippen LogP contribution in [-0.2, 0) is 31.3 Å². The number of carbonyl (C=O) groups is 1. The minimum Gasteiger partial charge on any atom is -0.386 e. The lowest BCUT2D eigenvalue weighted by molar-refractivity contribution is -0.127. The normalized spacial score (nSPS) is 29.3. The van der Waals surface area contributed by atoms with E-state index in [-0.39, 0.29) is 29.4 Å². The van der Waals surface area contributed by atoms with Crippen LogP contribution in [0.1, 0.15) is 44.7 Å². The summed E-state index contributed by atoms with van der Waals surface area (Å²) in [7, 11) is -3.64. The average Bonchev–Trinajstić information content (AvgIpc) is 3.09. The third-order valence-electron chi connectivity index (χ3n) is 5.51. The Bertz CT molecular complexity index is 904. The highest BCUT2D eigenvalue weighted by atomic mass is 32.2. The minimum absolute atomic E-state index is 0.0449. The number of carbonyl (C=O) groups excluding carboxylic acids is 1. The number of nitrogens with zero attached hydrogens (tertiary/aromatic N) is 1. The molecule has 0 spiro atoms. The second-order valence-electron chi connectivity index (χ2n) is 8.00. The second-order valence-corrected chi connectivity index (χ2v) is 10.5. The quantitative estimate of drug-likeness (QED) is 0.838. The van der Waals surface area contributed by atoms with Crippen LogP contribution in [-0.4, -0.2) is 43.2 Å². The highest BCUT2D eigenvalue weighted by Gasteiger charge is 2.49. The highest BCUT2D eigenvalue weighted by Crippen LogP contribution is 2.38. The molecule has 1 aromatic rings. The molecule has 3 rings (SSSR count). The SMILES string of the molecule is CC1(C)C(N)=N[C@](C)(c2cc(CC(=O)[C@H]3CCCO3)ccc2F)CS1(=O)=O. The van der Waals surface area contributed by atoms with Gasteiger partial charge in [0.15, 0.2) is 15.6 Å². The van der Waals surface area contributed by atoms with Gasteiger partial charge in [0, 0.05) is 18.6 Å². The van der Waals surface area contributed by atoms with Crippen molar-refractivity contribution >= 4 is 21.5 Å². The lowest BCUT2D eigenvalue weighted by Gasteiger charge is -2.38. The second kappa shape index (κ2) is 6.67. The molecule has 2 N–H and O–H groups in total. The number of ether oxygens (including phenoxy) is 1. The van der Waals surface area contributed by atoms with Crippen LogP contribution in [0.15, 0.2) is 23.2 Å². The third kappa shape index (κ3) is 3.52. The van der Waals surface area contributed by atoms with Crippen molar-refractivity contribution in [3.8, 4) is 0 Å². The van der Waals surface area contributed by atoms with Crippen molar-refractivity contribution in [3.63, 3.8) is 0 Å². The van der Waals surface area contributed by atoms with Crippen LogP contribution in [0.2, 0.25) is 0 Å².